The minimum Gasteiger partial charge on any atom is -0.462 e. The zero-order valence-corrected chi connectivity index (χ0v) is 11.4. The summed E-state index contributed by atoms with van der Waals surface area (Å²) in [5.74, 6) is 0. The molecule has 0 bridgehead atoms. The van der Waals surface area contributed by atoms with E-state index in [4.69, 9.17) is 10.5 Å². The van der Waals surface area contributed by atoms with E-state index in [0.717, 1.165) is 12.1 Å². The van der Waals surface area contributed by atoms with Crippen LogP contribution in [0.4, 0.5) is 0 Å². The van der Waals surface area contributed by atoms with Gasteiger partial charge in [0.05, 0.1) is 12.3 Å². The smallest absolute Gasteiger partial charge is 0.335 e. The highest BCUT2D eigenvalue weighted by Crippen LogP contribution is 2.18. The summed E-state index contributed by atoms with van der Waals surface area (Å²) in [5.41, 5.74) is 6.73. The predicted octanol–water partition coefficient (Wildman–Crippen LogP) is 2.02. The maximum atomic E-state index is 5.67. The normalized spacial score (nSPS) is 11.5. The van der Waals surface area contributed by atoms with Crippen LogP contribution >= 0.6 is 0 Å². The topological polar surface area (TPSA) is 66.0 Å². The van der Waals surface area contributed by atoms with Gasteiger partial charge in [0.15, 0.2) is 0 Å². The molecule has 0 saturated heterocycles. The Hall–Kier alpha value is -1.88. The SMILES string of the molecule is CC(C)(CN)CCOc1ncn(-c2ccccc2)n1. The molecule has 19 heavy (non-hydrogen) atoms. The minimum atomic E-state index is 0.0853. The van der Waals surface area contributed by atoms with Crippen molar-refractivity contribution in [3.05, 3.63) is 36.7 Å². The number of benzene rings is 1. The molecule has 0 aliphatic rings. The van der Waals surface area contributed by atoms with Crippen LogP contribution in [0.15, 0.2) is 36.7 Å². The van der Waals surface area contributed by atoms with Crippen LogP contribution in [0.2, 0.25) is 0 Å². The van der Waals surface area contributed by atoms with E-state index < -0.39 is 0 Å². The van der Waals surface area contributed by atoms with Crippen molar-refractivity contribution in [3.8, 4) is 11.7 Å². The summed E-state index contributed by atoms with van der Waals surface area (Å²) >= 11 is 0. The Morgan fingerprint density at radius 3 is 2.68 bits per heavy atom. The molecule has 1 aromatic heterocycles. The quantitative estimate of drug-likeness (QED) is 0.863. The molecule has 2 N–H and O–H groups in total. The molecule has 0 spiro atoms. The van der Waals surface area contributed by atoms with Crippen LogP contribution in [0.25, 0.3) is 5.69 Å². The van der Waals surface area contributed by atoms with E-state index in [1.807, 2.05) is 30.3 Å². The fourth-order valence-corrected chi connectivity index (χ4v) is 1.54. The minimum absolute atomic E-state index is 0.0853. The summed E-state index contributed by atoms with van der Waals surface area (Å²) in [5, 5.41) is 4.28. The molecule has 2 aromatic rings. The standard InChI is InChI=1S/C14H20N4O/c1-14(2,10-15)8-9-19-13-16-11-18(17-13)12-6-4-3-5-7-12/h3-7,11H,8-10,15H2,1-2H3. The molecule has 0 fully saturated rings. The first-order chi connectivity index (χ1) is 9.11. The second kappa shape index (κ2) is 5.84. The van der Waals surface area contributed by atoms with Crippen LogP contribution in [0.3, 0.4) is 0 Å². The zero-order valence-electron chi connectivity index (χ0n) is 11.4. The highest BCUT2D eigenvalue weighted by atomic mass is 16.5. The molecule has 0 saturated carbocycles. The first-order valence-corrected chi connectivity index (χ1v) is 6.41. The van der Waals surface area contributed by atoms with E-state index in [-0.39, 0.29) is 5.41 Å². The van der Waals surface area contributed by atoms with Gasteiger partial charge >= 0.3 is 6.01 Å². The Balaban J connectivity index is 1.92. The van der Waals surface area contributed by atoms with Crippen LogP contribution < -0.4 is 10.5 Å². The lowest BCUT2D eigenvalue weighted by molar-refractivity contribution is 0.221. The van der Waals surface area contributed by atoms with Crippen molar-refractivity contribution in [2.75, 3.05) is 13.2 Å². The van der Waals surface area contributed by atoms with Crippen molar-refractivity contribution in [1.29, 1.82) is 0 Å². The molecule has 0 aliphatic heterocycles. The summed E-state index contributed by atoms with van der Waals surface area (Å²) in [4.78, 5) is 4.14. The Bertz CT molecular complexity index is 507. The van der Waals surface area contributed by atoms with Gasteiger partial charge in [-0.2, -0.15) is 4.98 Å². The van der Waals surface area contributed by atoms with Crippen LogP contribution in [-0.4, -0.2) is 27.9 Å². The number of hydrogen-bond donors (Lipinski definition) is 1. The number of para-hydroxylation sites is 1. The average Bonchev–Trinajstić information content (AvgIpc) is 2.88. The third-order valence-corrected chi connectivity index (χ3v) is 3.05. The van der Waals surface area contributed by atoms with Crippen LogP contribution in [0.5, 0.6) is 6.01 Å². The first-order valence-electron chi connectivity index (χ1n) is 6.41. The maximum Gasteiger partial charge on any atom is 0.335 e. The Morgan fingerprint density at radius 1 is 1.26 bits per heavy atom. The van der Waals surface area contributed by atoms with E-state index >= 15 is 0 Å². The maximum absolute atomic E-state index is 5.67. The van der Waals surface area contributed by atoms with E-state index in [0.29, 0.717) is 19.2 Å². The molecule has 102 valence electrons. The lowest BCUT2D eigenvalue weighted by Crippen LogP contribution is -2.25. The van der Waals surface area contributed by atoms with Gasteiger partial charge in [-0.25, -0.2) is 4.68 Å². The Kier molecular flexibility index (Phi) is 4.16. The van der Waals surface area contributed by atoms with Crippen molar-refractivity contribution in [1.82, 2.24) is 14.8 Å². The van der Waals surface area contributed by atoms with Gasteiger partial charge < -0.3 is 10.5 Å². The summed E-state index contributed by atoms with van der Waals surface area (Å²) in [6, 6.07) is 10.2. The lowest BCUT2D eigenvalue weighted by atomic mass is 9.90. The third-order valence-electron chi connectivity index (χ3n) is 3.05. The van der Waals surface area contributed by atoms with E-state index in [1.54, 1.807) is 11.0 Å². The highest BCUT2D eigenvalue weighted by molar-refractivity contribution is 5.29. The van der Waals surface area contributed by atoms with Crippen LogP contribution in [-0.2, 0) is 0 Å². The number of aromatic nitrogens is 3. The molecule has 0 radical (unpaired) electrons. The van der Waals surface area contributed by atoms with Crippen LogP contribution in [0.1, 0.15) is 20.3 Å². The number of rotatable bonds is 6. The Morgan fingerprint density at radius 2 is 2.00 bits per heavy atom. The van der Waals surface area contributed by atoms with Gasteiger partial charge in [0, 0.05) is 0 Å². The second-order valence-electron chi connectivity index (χ2n) is 5.27. The van der Waals surface area contributed by atoms with Crippen molar-refractivity contribution >= 4 is 0 Å². The molecular weight excluding hydrogens is 240 g/mol. The fraction of sp³-hybridized carbons (Fsp3) is 0.429. The van der Waals surface area contributed by atoms with Crippen molar-refractivity contribution in [2.24, 2.45) is 11.1 Å². The molecule has 5 heteroatoms. The fourth-order valence-electron chi connectivity index (χ4n) is 1.54. The number of nitrogens with two attached hydrogens (primary N) is 1. The van der Waals surface area contributed by atoms with Crippen molar-refractivity contribution in [2.45, 2.75) is 20.3 Å². The molecule has 0 amide bonds. The number of hydrogen-bond acceptors (Lipinski definition) is 4. The van der Waals surface area contributed by atoms with Gasteiger partial charge in [0.2, 0.25) is 0 Å². The second-order valence-corrected chi connectivity index (χ2v) is 5.27. The summed E-state index contributed by atoms with van der Waals surface area (Å²) in [7, 11) is 0. The van der Waals surface area contributed by atoms with Gasteiger partial charge in [-0.3, -0.25) is 0 Å². The van der Waals surface area contributed by atoms with E-state index in [2.05, 4.69) is 23.9 Å². The summed E-state index contributed by atoms with van der Waals surface area (Å²) < 4.78 is 7.25. The summed E-state index contributed by atoms with van der Waals surface area (Å²) in [6.07, 6.45) is 2.53. The number of nitrogens with zero attached hydrogens (tertiary/aromatic N) is 3. The van der Waals surface area contributed by atoms with Crippen LogP contribution in [0, 0.1) is 5.41 Å². The van der Waals surface area contributed by atoms with E-state index in [1.165, 1.54) is 0 Å². The summed E-state index contributed by atoms with van der Waals surface area (Å²) in [6.45, 7) is 5.45. The molecular formula is C14H20N4O. The molecule has 5 nitrogen and oxygen atoms in total. The number of ether oxygens (including phenoxy) is 1. The van der Waals surface area contributed by atoms with Gasteiger partial charge in [-0.15, -0.1) is 5.10 Å². The molecule has 0 aliphatic carbocycles. The van der Waals surface area contributed by atoms with Gasteiger partial charge in [-0.1, -0.05) is 32.0 Å². The van der Waals surface area contributed by atoms with E-state index in [9.17, 15) is 0 Å². The Labute approximate surface area is 113 Å². The van der Waals surface area contributed by atoms with Crippen molar-refractivity contribution < 1.29 is 4.74 Å². The lowest BCUT2D eigenvalue weighted by Gasteiger charge is -2.21. The highest BCUT2D eigenvalue weighted by Gasteiger charge is 2.15. The van der Waals surface area contributed by atoms with Gasteiger partial charge in [-0.05, 0) is 30.5 Å². The largest absolute Gasteiger partial charge is 0.462 e. The molecule has 0 unspecified atom stereocenters. The van der Waals surface area contributed by atoms with Gasteiger partial charge in [0.25, 0.3) is 0 Å². The average molecular weight is 260 g/mol. The molecule has 0 atom stereocenters. The molecule has 1 heterocycles. The molecule has 1 aromatic carbocycles. The zero-order chi connectivity index (χ0) is 13.7. The third kappa shape index (κ3) is 3.79. The monoisotopic (exact) mass is 260 g/mol. The van der Waals surface area contributed by atoms with Crippen molar-refractivity contribution in [3.63, 3.8) is 0 Å². The van der Waals surface area contributed by atoms with Gasteiger partial charge in [0.1, 0.15) is 6.33 Å². The first kappa shape index (κ1) is 13.5. The molecule has 2 rings (SSSR count). The predicted molar refractivity (Wildman–Crippen MR) is 74.3 cm³/mol.